The van der Waals surface area contributed by atoms with Gasteiger partial charge >= 0.3 is 0 Å². The second kappa shape index (κ2) is 6.73. The summed E-state index contributed by atoms with van der Waals surface area (Å²) in [6.07, 6.45) is 3.35. The number of nitrogens with two attached hydrogens (primary N) is 1. The van der Waals surface area contributed by atoms with E-state index in [2.05, 4.69) is 17.1 Å². The number of carbonyl (C=O) groups is 1. The monoisotopic (exact) mass is 309 g/mol. The molecule has 3 N–H and O–H groups in total. The first kappa shape index (κ1) is 15.4. The summed E-state index contributed by atoms with van der Waals surface area (Å²) in [5.41, 5.74) is 10.3. The Morgan fingerprint density at radius 2 is 1.83 bits per heavy atom. The van der Waals surface area contributed by atoms with Gasteiger partial charge in [-0.3, -0.25) is 4.79 Å². The molecule has 0 spiro atoms. The highest BCUT2D eigenvalue weighted by atomic mass is 16.1. The van der Waals surface area contributed by atoms with Crippen molar-refractivity contribution in [3.8, 4) is 0 Å². The molecule has 0 saturated carbocycles. The van der Waals surface area contributed by atoms with Crippen molar-refractivity contribution in [3.63, 3.8) is 0 Å². The van der Waals surface area contributed by atoms with Crippen LogP contribution in [0.15, 0.2) is 42.5 Å². The van der Waals surface area contributed by atoms with Crippen LogP contribution < -0.4 is 16.0 Å². The second-order valence-electron chi connectivity index (χ2n) is 5.98. The van der Waals surface area contributed by atoms with E-state index >= 15 is 0 Å². The van der Waals surface area contributed by atoms with Gasteiger partial charge in [0.05, 0.1) is 11.4 Å². The molecule has 23 heavy (non-hydrogen) atoms. The summed E-state index contributed by atoms with van der Waals surface area (Å²) >= 11 is 0. The molecule has 1 saturated heterocycles. The number of benzene rings is 2. The van der Waals surface area contributed by atoms with Gasteiger partial charge in [-0.1, -0.05) is 19.1 Å². The Labute approximate surface area is 137 Å². The fraction of sp³-hybridized carbons (Fsp3) is 0.316. The van der Waals surface area contributed by atoms with Gasteiger partial charge < -0.3 is 16.0 Å². The molecule has 1 aliphatic heterocycles. The van der Waals surface area contributed by atoms with Gasteiger partial charge in [-0.25, -0.2) is 0 Å². The average Bonchev–Trinajstić information content (AvgIpc) is 3.09. The van der Waals surface area contributed by atoms with Crippen LogP contribution in [-0.2, 0) is 6.42 Å². The maximum absolute atomic E-state index is 12.5. The number of anilines is 3. The first-order valence-electron chi connectivity index (χ1n) is 8.22. The molecule has 2 aromatic rings. The van der Waals surface area contributed by atoms with Gasteiger partial charge in [-0.05, 0) is 55.2 Å². The third-order valence-corrected chi connectivity index (χ3v) is 4.34. The lowest BCUT2D eigenvalue weighted by molar-refractivity contribution is 0.102. The molecule has 0 atom stereocenters. The lowest BCUT2D eigenvalue weighted by Crippen LogP contribution is -2.21. The SMILES string of the molecule is CCc1ccc(C(=O)Nc2cc(N)ccc2N2CCCC2)cc1. The second-order valence-corrected chi connectivity index (χ2v) is 5.98. The molecule has 4 nitrogen and oxygen atoms in total. The molecule has 0 radical (unpaired) electrons. The number of hydrogen-bond donors (Lipinski definition) is 2. The van der Waals surface area contributed by atoms with Crippen LogP contribution in [0, 0.1) is 0 Å². The number of rotatable bonds is 4. The molecule has 3 rings (SSSR count). The smallest absolute Gasteiger partial charge is 0.255 e. The van der Waals surface area contributed by atoms with E-state index in [1.807, 2.05) is 42.5 Å². The van der Waals surface area contributed by atoms with Crippen LogP contribution in [0.2, 0.25) is 0 Å². The van der Waals surface area contributed by atoms with Gasteiger partial charge in [0.25, 0.3) is 5.91 Å². The first-order chi connectivity index (χ1) is 11.2. The largest absolute Gasteiger partial charge is 0.399 e. The van der Waals surface area contributed by atoms with Crippen molar-refractivity contribution < 1.29 is 4.79 Å². The van der Waals surface area contributed by atoms with Gasteiger partial charge in [0.2, 0.25) is 0 Å². The average molecular weight is 309 g/mol. The lowest BCUT2D eigenvalue weighted by Gasteiger charge is -2.22. The Morgan fingerprint density at radius 1 is 1.13 bits per heavy atom. The van der Waals surface area contributed by atoms with Crippen LogP contribution in [0.1, 0.15) is 35.7 Å². The van der Waals surface area contributed by atoms with E-state index in [0.717, 1.165) is 30.9 Å². The molecule has 1 aliphatic rings. The molecule has 2 aromatic carbocycles. The molecule has 1 heterocycles. The van der Waals surface area contributed by atoms with Crippen molar-refractivity contribution in [2.45, 2.75) is 26.2 Å². The number of aryl methyl sites for hydroxylation is 1. The molecule has 0 unspecified atom stereocenters. The number of hydrogen-bond acceptors (Lipinski definition) is 3. The van der Waals surface area contributed by atoms with Crippen LogP contribution >= 0.6 is 0 Å². The topological polar surface area (TPSA) is 58.4 Å². The normalized spacial score (nSPS) is 14.0. The third-order valence-electron chi connectivity index (χ3n) is 4.34. The van der Waals surface area contributed by atoms with Crippen molar-refractivity contribution in [1.82, 2.24) is 0 Å². The van der Waals surface area contributed by atoms with E-state index in [9.17, 15) is 4.79 Å². The van der Waals surface area contributed by atoms with Crippen LogP contribution in [0.4, 0.5) is 17.1 Å². The van der Waals surface area contributed by atoms with E-state index in [4.69, 9.17) is 5.73 Å². The molecule has 1 amide bonds. The van der Waals surface area contributed by atoms with Crippen LogP contribution in [0.5, 0.6) is 0 Å². The van der Waals surface area contributed by atoms with Gasteiger partial charge in [-0.15, -0.1) is 0 Å². The van der Waals surface area contributed by atoms with Crippen LogP contribution in [0.3, 0.4) is 0 Å². The quantitative estimate of drug-likeness (QED) is 0.847. The van der Waals surface area contributed by atoms with Gasteiger partial charge in [-0.2, -0.15) is 0 Å². The number of amides is 1. The lowest BCUT2D eigenvalue weighted by atomic mass is 10.1. The molecule has 1 fully saturated rings. The van der Waals surface area contributed by atoms with Crippen molar-refractivity contribution in [1.29, 1.82) is 0 Å². The minimum absolute atomic E-state index is 0.0984. The molecular weight excluding hydrogens is 286 g/mol. The standard InChI is InChI=1S/C19H23N3O/c1-2-14-5-7-15(8-6-14)19(23)21-17-13-16(20)9-10-18(17)22-11-3-4-12-22/h5-10,13H,2-4,11-12,20H2,1H3,(H,21,23). The zero-order valence-corrected chi connectivity index (χ0v) is 13.5. The summed E-state index contributed by atoms with van der Waals surface area (Å²) in [5.74, 6) is -0.0984. The van der Waals surface area contributed by atoms with E-state index in [-0.39, 0.29) is 5.91 Å². The zero-order valence-electron chi connectivity index (χ0n) is 13.5. The van der Waals surface area contributed by atoms with E-state index < -0.39 is 0 Å². The summed E-state index contributed by atoms with van der Waals surface area (Å²) in [4.78, 5) is 14.8. The van der Waals surface area contributed by atoms with Gasteiger partial charge in [0.15, 0.2) is 0 Å². The van der Waals surface area contributed by atoms with E-state index in [0.29, 0.717) is 11.3 Å². The maximum Gasteiger partial charge on any atom is 0.255 e. The Kier molecular flexibility index (Phi) is 4.51. The molecule has 0 bridgehead atoms. The summed E-state index contributed by atoms with van der Waals surface area (Å²) in [6.45, 7) is 4.15. The predicted octanol–water partition coefficient (Wildman–Crippen LogP) is 3.68. The Hall–Kier alpha value is -2.49. The van der Waals surface area contributed by atoms with Crippen molar-refractivity contribution in [3.05, 3.63) is 53.6 Å². The zero-order chi connectivity index (χ0) is 16.2. The fourth-order valence-corrected chi connectivity index (χ4v) is 2.97. The number of carbonyl (C=O) groups excluding carboxylic acids is 1. The summed E-state index contributed by atoms with van der Waals surface area (Å²) in [5, 5.41) is 3.02. The minimum atomic E-state index is -0.0984. The Balaban J connectivity index is 1.83. The van der Waals surface area contributed by atoms with Crippen LogP contribution in [-0.4, -0.2) is 19.0 Å². The van der Waals surface area contributed by atoms with Crippen LogP contribution in [0.25, 0.3) is 0 Å². The van der Waals surface area contributed by atoms with Crippen molar-refractivity contribution >= 4 is 23.0 Å². The maximum atomic E-state index is 12.5. The van der Waals surface area contributed by atoms with Crippen molar-refractivity contribution in [2.75, 3.05) is 29.0 Å². The third kappa shape index (κ3) is 3.47. The molecule has 0 aliphatic carbocycles. The first-order valence-corrected chi connectivity index (χ1v) is 8.22. The molecular formula is C19H23N3O. The van der Waals surface area contributed by atoms with E-state index in [1.54, 1.807) is 0 Å². The highest BCUT2D eigenvalue weighted by Crippen LogP contribution is 2.31. The van der Waals surface area contributed by atoms with Gasteiger partial charge in [0.1, 0.15) is 0 Å². The minimum Gasteiger partial charge on any atom is -0.399 e. The Bertz CT molecular complexity index is 688. The number of nitrogen functional groups attached to an aromatic ring is 1. The molecule has 120 valence electrons. The summed E-state index contributed by atoms with van der Waals surface area (Å²) in [6, 6.07) is 13.5. The Morgan fingerprint density at radius 3 is 2.48 bits per heavy atom. The number of nitrogens with zero attached hydrogens (tertiary/aromatic N) is 1. The highest BCUT2D eigenvalue weighted by molar-refractivity contribution is 6.06. The molecule has 4 heteroatoms. The van der Waals surface area contributed by atoms with Crippen molar-refractivity contribution in [2.24, 2.45) is 0 Å². The predicted molar refractivity (Wildman–Crippen MR) is 96.1 cm³/mol. The number of nitrogens with one attached hydrogen (secondary N) is 1. The summed E-state index contributed by atoms with van der Waals surface area (Å²) < 4.78 is 0. The molecule has 0 aromatic heterocycles. The highest BCUT2D eigenvalue weighted by Gasteiger charge is 2.17. The van der Waals surface area contributed by atoms with Gasteiger partial charge in [0, 0.05) is 24.3 Å². The van der Waals surface area contributed by atoms with E-state index in [1.165, 1.54) is 18.4 Å². The summed E-state index contributed by atoms with van der Waals surface area (Å²) in [7, 11) is 0. The fourth-order valence-electron chi connectivity index (χ4n) is 2.97.